The number of nitrogen functional groups attached to an aromatic ring is 1. The minimum Gasteiger partial charge on any atom is -0.384 e. The normalized spacial score (nSPS) is 18.4. The molecule has 1 aliphatic rings. The van der Waals surface area contributed by atoms with Crippen molar-refractivity contribution in [1.29, 1.82) is 0 Å². The summed E-state index contributed by atoms with van der Waals surface area (Å²) in [6, 6.07) is 11.7. The monoisotopic (exact) mass is 318 g/mol. The van der Waals surface area contributed by atoms with Crippen LogP contribution in [0.25, 0.3) is 11.4 Å². The lowest BCUT2D eigenvalue weighted by molar-refractivity contribution is 0.989. The molecule has 0 saturated carbocycles. The number of anilines is 2. The molecule has 21 heavy (non-hydrogen) atoms. The van der Waals surface area contributed by atoms with Crippen LogP contribution < -0.4 is 11.1 Å². The Labute approximate surface area is 133 Å². The summed E-state index contributed by atoms with van der Waals surface area (Å²) in [5.74, 6) is 5.67. The third-order valence-corrected chi connectivity index (χ3v) is 6.02. The highest BCUT2D eigenvalue weighted by molar-refractivity contribution is 8.06. The van der Waals surface area contributed by atoms with E-state index in [0.29, 0.717) is 16.9 Å². The van der Waals surface area contributed by atoms with Gasteiger partial charge < -0.3 is 11.1 Å². The molecule has 110 valence electrons. The van der Waals surface area contributed by atoms with Gasteiger partial charge in [-0.1, -0.05) is 30.3 Å². The zero-order valence-electron chi connectivity index (χ0n) is 11.7. The molecule has 1 aliphatic heterocycles. The van der Waals surface area contributed by atoms with Gasteiger partial charge in [0.25, 0.3) is 0 Å². The van der Waals surface area contributed by atoms with E-state index in [-0.39, 0.29) is 0 Å². The second-order valence-corrected chi connectivity index (χ2v) is 7.37. The fourth-order valence-electron chi connectivity index (χ4n) is 2.15. The zero-order valence-corrected chi connectivity index (χ0v) is 13.3. The van der Waals surface area contributed by atoms with Crippen LogP contribution in [0.2, 0.25) is 0 Å². The number of aromatic nitrogens is 2. The van der Waals surface area contributed by atoms with Crippen LogP contribution in [0.4, 0.5) is 11.6 Å². The van der Waals surface area contributed by atoms with Gasteiger partial charge in [-0.15, -0.1) is 0 Å². The van der Waals surface area contributed by atoms with Gasteiger partial charge >= 0.3 is 0 Å². The number of nitrogens with zero attached hydrogens (tertiary/aromatic N) is 2. The lowest BCUT2D eigenvalue weighted by atomic mass is 10.2. The minimum absolute atomic E-state index is 0.497. The maximum absolute atomic E-state index is 5.91. The number of thioether (sulfide) groups is 2. The highest BCUT2D eigenvalue weighted by atomic mass is 32.2. The standard InChI is InChI=1S/C15H18N4S2/c16-13-8-14(17-9-12-10-20-6-7-21-12)19-15(18-13)11-4-2-1-3-5-11/h1-5,8,12H,6-7,9-10H2,(H3,16,17,18,19). The molecule has 1 unspecified atom stereocenters. The molecule has 3 N–H and O–H groups in total. The molecular formula is C15H18N4S2. The Bertz CT molecular complexity index is 585. The molecule has 1 fully saturated rings. The summed E-state index contributed by atoms with van der Waals surface area (Å²) < 4.78 is 0. The highest BCUT2D eigenvalue weighted by Crippen LogP contribution is 2.24. The first kappa shape index (κ1) is 14.5. The van der Waals surface area contributed by atoms with Gasteiger partial charge in [-0.2, -0.15) is 23.5 Å². The SMILES string of the molecule is Nc1cc(NCC2CSCCS2)nc(-c2ccccc2)n1. The van der Waals surface area contributed by atoms with Crippen LogP contribution in [-0.4, -0.2) is 39.0 Å². The first-order valence-corrected chi connectivity index (χ1v) is 9.15. The lowest BCUT2D eigenvalue weighted by Gasteiger charge is -2.21. The lowest BCUT2D eigenvalue weighted by Crippen LogP contribution is -2.23. The van der Waals surface area contributed by atoms with Crippen molar-refractivity contribution in [3.63, 3.8) is 0 Å². The molecule has 2 aromatic rings. The summed E-state index contributed by atoms with van der Waals surface area (Å²) in [4.78, 5) is 8.89. The van der Waals surface area contributed by atoms with Gasteiger partial charge in [0.15, 0.2) is 5.82 Å². The molecule has 4 nitrogen and oxygen atoms in total. The fraction of sp³-hybridized carbons (Fsp3) is 0.333. The molecular weight excluding hydrogens is 300 g/mol. The average molecular weight is 318 g/mol. The first-order chi connectivity index (χ1) is 10.3. The van der Waals surface area contributed by atoms with Crippen molar-refractivity contribution < 1.29 is 0 Å². The molecule has 6 heteroatoms. The summed E-state index contributed by atoms with van der Waals surface area (Å²) >= 11 is 4.05. The largest absolute Gasteiger partial charge is 0.384 e. The zero-order chi connectivity index (χ0) is 14.5. The summed E-state index contributed by atoms with van der Waals surface area (Å²) in [5.41, 5.74) is 6.89. The fourth-order valence-corrected chi connectivity index (χ4v) is 4.76. The Hall–Kier alpha value is -1.40. The molecule has 1 saturated heterocycles. The van der Waals surface area contributed by atoms with E-state index < -0.39 is 0 Å². The van der Waals surface area contributed by atoms with Crippen LogP contribution in [0, 0.1) is 0 Å². The molecule has 3 rings (SSSR count). The van der Waals surface area contributed by atoms with Gasteiger partial charge in [0.1, 0.15) is 11.6 Å². The van der Waals surface area contributed by atoms with Gasteiger partial charge in [-0.3, -0.25) is 0 Å². The third kappa shape index (κ3) is 4.04. The van der Waals surface area contributed by atoms with Crippen LogP contribution in [0.3, 0.4) is 0 Å². The number of hydrogen-bond donors (Lipinski definition) is 2. The number of benzene rings is 1. The predicted molar refractivity (Wildman–Crippen MR) is 93.9 cm³/mol. The molecule has 2 heterocycles. The summed E-state index contributed by atoms with van der Waals surface area (Å²) in [5, 5.41) is 4.04. The second-order valence-electron chi connectivity index (χ2n) is 4.82. The Morgan fingerprint density at radius 2 is 2.05 bits per heavy atom. The summed E-state index contributed by atoms with van der Waals surface area (Å²) in [6.07, 6.45) is 0. The van der Waals surface area contributed by atoms with Crippen LogP contribution in [0.1, 0.15) is 0 Å². The van der Waals surface area contributed by atoms with Crippen molar-refractivity contribution in [2.75, 3.05) is 34.9 Å². The van der Waals surface area contributed by atoms with E-state index in [9.17, 15) is 0 Å². The smallest absolute Gasteiger partial charge is 0.163 e. The molecule has 1 aromatic heterocycles. The van der Waals surface area contributed by atoms with Gasteiger partial charge in [0.05, 0.1) is 0 Å². The Morgan fingerprint density at radius 1 is 1.19 bits per heavy atom. The first-order valence-electron chi connectivity index (χ1n) is 6.94. The number of hydrogen-bond acceptors (Lipinski definition) is 6. The van der Waals surface area contributed by atoms with Gasteiger partial charge in [-0.25, -0.2) is 9.97 Å². The van der Waals surface area contributed by atoms with Crippen LogP contribution in [-0.2, 0) is 0 Å². The molecule has 1 aromatic carbocycles. The molecule has 0 bridgehead atoms. The van der Waals surface area contributed by atoms with Crippen LogP contribution in [0.15, 0.2) is 36.4 Å². The third-order valence-electron chi connectivity index (χ3n) is 3.17. The van der Waals surface area contributed by atoms with Gasteiger partial charge in [0.2, 0.25) is 0 Å². The van der Waals surface area contributed by atoms with Crippen molar-refractivity contribution in [1.82, 2.24) is 9.97 Å². The molecule has 0 radical (unpaired) electrons. The van der Waals surface area contributed by atoms with Crippen molar-refractivity contribution >= 4 is 35.2 Å². The van der Waals surface area contributed by atoms with E-state index in [0.717, 1.165) is 17.9 Å². The van der Waals surface area contributed by atoms with Crippen molar-refractivity contribution in [2.24, 2.45) is 0 Å². The van der Waals surface area contributed by atoms with Crippen LogP contribution in [0.5, 0.6) is 0 Å². The van der Waals surface area contributed by atoms with Crippen molar-refractivity contribution in [3.05, 3.63) is 36.4 Å². The Balaban J connectivity index is 1.72. The van der Waals surface area contributed by atoms with E-state index in [4.69, 9.17) is 5.73 Å². The van der Waals surface area contributed by atoms with E-state index in [1.54, 1.807) is 6.07 Å². The highest BCUT2D eigenvalue weighted by Gasteiger charge is 2.14. The van der Waals surface area contributed by atoms with Crippen LogP contribution >= 0.6 is 23.5 Å². The number of nitrogens with one attached hydrogen (secondary N) is 1. The second kappa shape index (κ2) is 7.04. The Kier molecular flexibility index (Phi) is 4.87. The topological polar surface area (TPSA) is 63.8 Å². The summed E-state index contributed by atoms with van der Waals surface area (Å²) in [7, 11) is 0. The van der Waals surface area contributed by atoms with E-state index in [1.807, 2.05) is 53.9 Å². The molecule has 0 aliphatic carbocycles. The van der Waals surface area contributed by atoms with E-state index in [2.05, 4.69) is 15.3 Å². The maximum Gasteiger partial charge on any atom is 0.163 e. The number of rotatable bonds is 4. The summed E-state index contributed by atoms with van der Waals surface area (Å²) in [6.45, 7) is 0.919. The average Bonchev–Trinajstić information content (AvgIpc) is 2.54. The van der Waals surface area contributed by atoms with Crippen molar-refractivity contribution in [3.8, 4) is 11.4 Å². The van der Waals surface area contributed by atoms with E-state index >= 15 is 0 Å². The van der Waals surface area contributed by atoms with Gasteiger partial charge in [-0.05, 0) is 0 Å². The molecule has 0 spiro atoms. The minimum atomic E-state index is 0.497. The number of nitrogens with two attached hydrogens (primary N) is 1. The van der Waals surface area contributed by atoms with Crippen molar-refractivity contribution in [2.45, 2.75) is 5.25 Å². The van der Waals surface area contributed by atoms with Gasteiger partial charge in [0, 0.05) is 40.7 Å². The maximum atomic E-state index is 5.91. The predicted octanol–water partition coefficient (Wildman–Crippen LogP) is 2.99. The Morgan fingerprint density at radius 3 is 2.81 bits per heavy atom. The molecule has 1 atom stereocenters. The van der Waals surface area contributed by atoms with E-state index in [1.165, 1.54) is 17.3 Å². The quantitative estimate of drug-likeness (QED) is 0.903. The molecule has 0 amide bonds.